The Morgan fingerprint density at radius 1 is 0.950 bits per heavy atom. The number of fused-ring (bicyclic) bond motifs is 1. The predicted octanol–water partition coefficient (Wildman–Crippen LogP) is 2.52. The first kappa shape index (κ1) is 14.4. The highest BCUT2D eigenvalue weighted by Gasteiger charge is 2.28. The molecule has 0 aromatic heterocycles. The quantitative estimate of drug-likeness (QED) is 0.752. The van der Waals surface area contributed by atoms with Crippen molar-refractivity contribution in [2.24, 2.45) is 0 Å². The van der Waals surface area contributed by atoms with Crippen LogP contribution >= 0.6 is 15.9 Å². The SMILES string of the molecule is Cc1ccc2c(Br)cccc2c1N1C(=O)C=CC1=O.O. The molecular weight excluding hydrogens is 322 g/mol. The average Bonchev–Trinajstić information content (AvgIpc) is 2.70. The third-order valence-electron chi connectivity index (χ3n) is 3.21. The van der Waals surface area contributed by atoms with Crippen molar-refractivity contribution in [1.29, 1.82) is 0 Å². The van der Waals surface area contributed by atoms with Gasteiger partial charge in [-0.3, -0.25) is 9.59 Å². The van der Waals surface area contributed by atoms with Gasteiger partial charge in [0.15, 0.2) is 0 Å². The molecule has 3 rings (SSSR count). The zero-order chi connectivity index (χ0) is 13.6. The van der Waals surface area contributed by atoms with Crippen LogP contribution in [0.4, 0.5) is 5.69 Å². The van der Waals surface area contributed by atoms with Gasteiger partial charge in [-0.15, -0.1) is 0 Å². The van der Waals surface area contributed by atoms with Crippen LogP contribution < -0.4 is 4.90 Å². The van der Waals surface area contributed by atoms with E-state index in [1.807, 2.05) is 37.3 Å². The van der Waals surface area contributed by atoms with Crippen LogP contribution in [0.15, 0.2) is 47.0 Å². The van der Waals surface area contributed by atoms with Crippen LogP contribution in [-0.2, 0) is 9.59 Å². The van der Waals surface area contributed by atoms with Gasteiger partial charge in [-0.05, 0) is 23.9 Å². The van der Waals surface area contributed by atoms with Crippen molar-refractivity contribution in [3.63, 3.8) is 0 Å². The highest BCUT2D eigenvalue weighted by molar-refractivity contribution is 9.10. The molecule has 0 saturated carbocycles. The van der Waals surface area contributed by atoms with E-state index >= 15 is 0 Å². The fourth-order valence-electron chi connectivity index (χ4n) is 2.33. The Labute approximate surface area is 124 Å². The summed E-state index contributed by atoms with van der Waals surface area (Å²) < 4.78 is 0.943. The molecule has 0 bridgehead atoms. The maximum absolute atomic E-state index is 11.9. The van der Waals surface area contributed by atoms with Crippen molar-refractivity contribution in [2.45, 2.75) is 6.92 Å². The van der Waals surface area contributed by atoms with Gasteiger partial charge in [0, 0.05) is 22.0 Å². The molecule has 4 nitrogen and oxygen atoms in total. The van der Waals surface area contributed by atoms with Gasteiger partial charge in [0.1, 0.15) is 0 Å². The lowest BCUT2D eigenvalue weighted by Gasteiger charge is -2.19. The van der Waals surface area contributed by atoms with Crippen LogP contribution in [0.25, 0.3) is 10.8 Å². The van der Waals surface area contributed by atoms with E-state index < -0.39 is 0 Å². The molecule has 1 heterocycles. The van der Waals surface area contributed by atoms with Crippen LogP contribution in [0.2, 0.25) is 0 Å². The molecule has 0 aliphatic carbocycles. The standard InChI is InChI=1S/C15H10BrNO2.H2O/c1-9-5-6-10-11(3-2-4-12(10)16)15(9)17-13(18)7-8-14(17)19;/h2-8H,1H3;1H2. The number of benzene rings is 2. The van der Waals surface area contributed by atoms with Crippen molar-refractivity contribution in [1.82, 2.24) is 0 Å². The molecule has 2 aromatic carbocycles. The number of anilines is 1. The van der Waals surface area contributed by atoms with E-state index in [9.17, 15) is 9.59 Å². The lowest BCUT2D eigenvalue weighted by molar-refractivity contribution is -0.119. The molecule has 5 heteroatoms. The lowest BCUT2D eigenvalue weighted by Crippen LogP contribution is -2.30. The molecular formula is C15H12BrNO3. The second-order valence-electron chi connectivity index (χ2n) is 4.41. The van der Waals surface area contributed by atoms with Crippen LogP contribution in [0.5, 0.6) is 0 Å². The van der Waals surface area contributed by atoms with Gasteiger partial charge in [0.2, 0.25) is 0 Å². The van der Waals surface area contributed by atoms with Crippen LogP contribution in [-0.4, -0.2) is 17.3 Å². The minimum atomic E-state index is -0.291. The minimum Gasteiger partial charge on any atom is -0.412 e. The summed E-state index contributed by atoms with van der Waals surface area (Å²) in [5.41, 5.74) is 1.56. The fourth-order valence-corrected chi connectivity index (χ4v) is 2.83. The molecule has 102 valence electrons. The highest BCUT2D eigenvalue weighted by Crippen LogP contribution is 2.35. The Kier molecular flexibility index (Phi) is 3.74. The Bertz CT molecular complexity index is 734. The number of hydrogen-bond donors (Lipinski definition) is 0. The Hall–Kier alpha value is -1.98. The number of nitrogens with zero attached hydrogens (tertiary/aromatic N) is 1. The van der Waals surface area contributed by atoms with Crippen LogP contribution in [0.1, 0.15) is 5.56 Å². The second-order valence-corrected chi connectivity index (χ2v) is 5.27. The van der Waals surface area contributed by atoms with Gasteiger partial charge in [-0.1, -0.05) is 40.2 Å². The minimum absolute atomic E-state index is 0. The summed E-state index contributed by atoms with van der Waals surface area (Å²) in [6.45, 7) is 1.90. The van der Waals surface area contributed by atoms with Crippen molar-refractivity contribution in [3.8, 4) is 0 Å². The predicted molar refractivity (Wildman–Crippen MR) is 81.6 cm³/mol. The molecule has 0 spiro atoms. The zero-order valence-corrected chi connectivity index (χ0v) is 12.3. The summed E-state index contributed by atoms with van der Waals surface area (Å²) in [6, 6.07) is 9.65. The first-order valence-electron chi connectivity index (χ1n) is 5.83. The number of rotatable bonds is 1. The summed E-state index contributed by atoms with van der Waals surface area (Å²) >= 11 is 3.49. The molecule has 0 atom stereocenters. The normalized spacial score (nSPS) is 14.0. The number of aryl methyl sites for hydroxylation is 1. The van der Waals surface area contributed by atoms with Gasteiger partial charge in [0.25, 0.3) is 11.8 Å². The number of halogens is 1. The molecule has 1 aliphatic rings. The summed E-state index contributed by atoms with van der Waals surface area (Å²) in [5.74, 6) is -0.582. The van der Waals surface area contributed by atoms with Crippen molar-refractivity contribution < 1.29 is 15.1 Å². The fraction of sp³-hybridized carbons (Fsp3) is 0.0667. The first-order valence-corrected chi connectivity index (χ1v) is 6.63. The van der Waals surface area contributed by atoms with Crippen molar-refractivity contribution in [3.05, 3.63) is 52.5 Å². The molecule has 0 fully saturated rings. The largest absolute Gasteiger partial charge is 0.412 e. The number of imide groups is 1. The van der Waals surface area contributed by atoms with Gasteiger partial charge < -0.3 is 5.48 Å². The molecule has 2 aromatic rings. The topological polar surface area (TPSA) is 68.9 Å². The molecule has 0 unspecified atom stereocenters. The summed E-state index contributed by atoms with van der Waals surface area (Å²) in [4.78, 5) is 25.0. The second kappa shape index (κ2) is 5.19. The summed E-state index contributed by atoms with van der Waals surface area (Å²) in [7, 11) is 0. The smallest absolute Gasteiger partial charge is 0.258 e. The van der Waals surface area contributed by atoms with E-state index in [1.165, 1.54) is 17.1 Å². The molecule has 1 aliphatic heterocycles. The zero-order valence-electron chi connectivity index (χ0n) is 10.7. The van der Waals surface area contributed by atoms with E-state index in [1.54, 1.807) is 0 Å². The van der Waals surface area contributed by atoms with E-state index in [2.05, 4.69) is 15.9 Å². The van der Waals surface area contributed by atoms with Crippen molar-refractivity contribution >= 4 is 44.2 Å². The number of carbonyl (C=O) groups excluding carboxylic acids is 2. The van der Waals surface area contributed by atoms with Gasteiger partial charge in [0.05, 0.1) is 5.69 Å². The molecule has 0 radical (unpaired) electrons. The van der Waals surface area contributed by atoms with Crippen LogP contribution in [0.3, 0.4) is 0 Å². The number of carbonyl (C=O) groups is 2. The average molecular weight is 334 g/mol. The Morgan fingerprint density at radius 3 is 2.25 bits per heavy atom. The highest BCUT2D eigenvalue weighted by atomic mass is 79.9. The van der Waals surface area contributed by atoms with E-state index in [0.717, 1.165) is 20.8 Å². The Balaban J connectivity index is 0.00000147. The Morgan fingerprint density at radius 2 is 1.60 bits per heavy atom. The van der Waals surface area contributed by atoms with Gasteiger partial charge >= 0.3 is 0 Å². The van der Waals surface area contributed by atoms with Gasteiger partial charge in [-0.25, -0.2) is 4.90 Å². The third-order valence-corrected chi connectivity index (χ3v) is 3.91. The maximum atomic E-state index is 11.9. The van der Waals surface area contributed by atoms with E-state index in [-0.39, 0.29) is 17.3 Å². The maximum Gasteiger partial charge on any atom is 0.258 e. The van der Waals surface area contributed by atoms with E-state index in [4.69, 9.17) is 0 Å². The summed E-state index contributed by atoms with van der Waals surface area (Å²) in [6.07, 6.45) is 2.61. The molecule has 2 amide bonds. The molecule has 20 heavy (non-hydrogen) atoms. The molecule has 2 N–H and O–H groups in total. The molecule has 0 saturated heterocycles. The third kappa shape index (κ3) is 2.05. The van der Waals surface area contributed by atoms with Crippen LogP contribution in [0, 0.1) is 6.92 Å². The summed E-state index contributed by atoms with van der Waals surface area (Å²) in [5, 5.41) is 1.87. The van der Waals surface area contributed by atoms with Crippen molar-refractivity contribution in [2.75, 3.05) is 4.90 Å². The first-order chi connectivity index (χ1) is 9.09. The number of hydrogen-bond acceptors (Lipinski definition) is 2. The van der Waals surface area contributed by atoms with E-state index in [0.29, 0.717) is 5.69 Å². The lowest BCUT2D eigenvalue weighted by atomic mass is 10.0. The van der Waals surface area contributed by atoms with Gasteiger partial charge in [-0.2, -0.15) is 0 Å². The number of amides is 2. The monoisotopic (exact) mass is 333 g/mol.